The maximum Gasteiger partial charge on any atom is 0.164 e. The molecule has 92 valence electrons. The minimum absolute atomic E-state index is 0.228. The van der Waals surface area contributed by atoms with E-state index in [2.05, 4.69) is 45.7 Å². The third kappa shape index (κ3) is 3.26. The number of ether oxygens (including phenoxy) is 1. The zero-order chi connectivity index (χ0) is 12.3. The van der Waals surface area contributed by atoms with Crippen molar-refractivity contribution in [3.05, 3.63) is 33.4 Å². The molecule has 1 heterocycles. The van der Waals surface area contributed by atoms with Crippen molar-refractivity contribution in [1.82, 2.24) is 4.90 Å². The Morgan fingerprint density at radius 3 is 2.94 bits per heavy atom. The van der Waals surface area contributed by atoms with Gasteiger partial charge in [-0.15, -0.1) is 0 Å². The molecule has 0 radical (unpaired) electrons. The number of piperidine rings is 1. The number of hydrogen-bond acceptors (Lipinski definition) is 3. The molecule has 0 aliphatic carbocycles. The molecule has 1 fully saturated rings. The number of methoxy groups -OCH3 is 1. The monoisotopic (exact) mass is 345 g/mol. The van der Waals surface area contributed by atoms with E-state index in [9.17, 15) is 4.79 Å². The minimum Gasteiger partial charge on any atom is -0.372 e. The summed E-state index contributed by atoms with van der Waals surface area (Å²) in [6.45, 7) is 2.44. The van der Waals surface area contributed by atoms with E-state index in [0.29, 0.717) is 13.0 Å². The number of carbonyl (C=O) groups excluding carboxylic acids is 1. The number of hydrogen-bond donors (Lipinski definition) is 0. The quantitative estimate of drug-likeness (QED) is 0.786. The molecule has 1 unspecified atom stereocenters. The summed E-state index contributed by atoms with van der Waals surface area (Å²) >= 11 is 2.35. The molecule has 1 saturated heterocycles. The lowest BCUT2D eigenvalue weighted by molar-refractivity contribution is -0.133. The summed E-state index contributed by atoms with van der Waals surface area (Å²) in [7, 11) is 1.61. The number of carbonyl (C=O) groups is 1. The van der Waals surface area contributed by atoms with Gasteiger partial charge in [0.2, 0.25) is 0 Å². The lowest BCUT2D eigenvalue weighted by Crippen LogP contribution is -2.44. The van der Waals surface area contributed by atoms with Gasteiger partial charge >= 0.3 is 0 Å². The number of nitrogens with zero attached hydrogens (tertiary/aromatic N) is 1. The van der Waals surface area contributed by atoms with Gasteiger partial charge in [0.1, 0.15) is 6.10 Å². The van der Waals surface area contributed by atoms with E-state index in [1.54, 1.807) is 7.11 Å². The molecule has 0 aromatic heterocycles. The van der Waals surface area contributed by atoms with Crippen LogP contribution in [0.3, 0.4) is 0 Å². The van der Waals surface area contributed by atoms with Gasteiger partial charge in [0.05, 0.1) is 0 Å². The highest BCUT2D eigenvalue weighted by molar-refractivity contribution is 14.1. The first-order chi connectivity index (χ1) is 8.20. The Kier molecular flexibility index (Phi) is 4.53. The fourth-order valence-corrected chi connectivity index (χ4v) is 2.63. The SMILES string of the molecule is COC1CN(Cc2ccccc2I)CCC1=O. The molecule has 1 aromatic rings. The Morgan fingerprint density at radius 2 is 2.24 bits per heavy atom. The zero-order valence-electron chi connectivity index (χ0n) is 9.86. The lowest BCUT2D eigenvalue weighted by atomic mass is 10.1. The normalized spacial score (nSPS) is 21.8. The van der Waals surface area contributed by atoms with Crippen molar-refractivity contribution in [3.8, 4) is 0 Å². The molecule has 1 aliphatic rings. The Hall–Kier alpha value is -0.460. The smallest absolute Gasteiger partial charge is 0.164 e. The number of benzene rings is 1. The van der Waals surface area contributed by atoms with Crippen LogP contribution < -0.4 is 0 Å². The second-order valence-electron chi connectivity index (χ2n) is 4.27. The van der Waals surface area contributed by atoms with Gasteiger partial charge in [-0.1, -0.05) is 18.2 Å². The second-order valence-corrected chi connectivity index (χ2v) is 5.43. The molecule has 0 bridgehead atoms. The molecule has 1 atom stereocenters. The van der Waals surface area contributed by atoms with Gasteiger partial charge in [-0.05, 0) is 34.2 Å². The summed E-state index contributed by atoms with van der Waals surface area (Å²) in [6.07, 6.45) is 0.354. The van der Waals surface area contributed by atoms with E-state index in [1.807, 2.05) is 6.07 Å². The van der Waals surface area contributed by atoms with Gasteiger partial charge in [0.15, 0.2) is 5.78 Å². The third-order valence-electron chi connectivity index (χ3n) is 3.09. The van der Waals surface area contributed by atoms with Gasteiger partial charge in [0.25, 0.3) is 0 Å². The molecular formula is C13H16INO2. The average Bonchev–Trinajstić information content (AvgIpc) is 2.34. The molecule has 0 amide bonds. The van der Waals surface area contributed by atoms with Crippen LogP contribution >= 0.6 is 22.6 Å². The van der Waals surface area contributed by atoms with Crippen LogP contribution in [0.25, 0.3) is 0 Å². The van der Waals surface area contributed by atoms with Crippen molar-refractivity contribution in [2.24, 2.45) is 0 Å². The first-order valence-corrected chi connectivity index (χ1v) is 6.80. The molecule has 1 aliphatic heterocycles. The first-order valence-electron chi connectivity index (χ1n) is 5.72. The summed E-state index contributed by atoms with van der Waals surface area (Å²) in [5.41, 5.74) is 1.32. The Bertz CT molecular complexity index is 408. The molecule has 3 nitrogen and oxygen atoms in total. The van der Waals surface area contributed by atoms with Gasteiger partial charge in [-0.2, -0.15) is 0 Å². The van der Waals surface area contributed by atoms with Crippen molar-refractivity contribution < 1.29 is 9.53 Å². The predicted octanol–water partition coefficient (Wildman–Crippen LogP) is 2.08. The van der Waals surface area contributed by atoms with Gasteiger partial charge < -0.3 is 4.74 Å². The Labute approximate surface area is 115 Å². The van der Waals surface area contributed by atoms with E-state index >= 15 is 0 Å². The summed E-state index contributed by atoms with van der Waals surface area (Å²) < 4.78 is 6.48. The molecule has 17 heavy (non-hydrogen) atoms. The van der Waals surface area contributed by atoms with Gasteiger partial charge in [-0.3, -0.25) is 9.69 Å². The maximum atomic E-state index is 11.5. The highest BCUT2D eigenvalue weighted by Gasteiger charge is 2.26. The van der Waals surface area contributed by atoms with Crippen LogP contribution in [0.5, 0.6) is 0 Å². The van der Waals surface area contributed by atoms with E-state index in [1.165, 1.54) is 9.13 Å². The fraction of sp³-hybridized carbons (Fsp3) is 0.462. The van der Waals surface area contributed by atoms with Gasteiger partial charge in [0, 0.05) is 36.7 Å². The number of rotatable bonds is 3. The zero-order valence-corrected chi connectivity index (χ0v) is 12.0. The van der Waals surface area contributed by atoms with Crippen molar-refractivity contribution in [3.63, 3.8) is 0 Å². The lowest BCUT2D eigenvalue weighted by Gasteiger charge is -2.31. The summed E-state index contributed by atoms with van der Waals surface area (Å²) in [6, 6.07) is 8.35. The van der Waals surface area contributed by atoms with Crippen molar-refractivity contribution >= 4 is 28.4 Å². The highest BCUT2D eigenvalue weighted by Crippen LogP contribution is 2.17. The summed E-state index contributed by atoms with van der Waals surface area (Å²) in [5, 5.41) is 0. The van der Waals surface area contributed by atoms with Crippen molar-refractivity contribution in [2.75, 3.05) is 20.2 Å². The van der Waals surface area contributed by atoms with Crippen LogP contribution in [0.15, 0.2) is 24.3 Å². The molecule has 0 N–H and O–H groups in total. The molecule has 2 rings (SSSR count). The van der Waals surface area contributed by atoms with Gasteiger partial charge in [-0.25, -0.2) is 0 Å². The van der Waals surface area contributed by atoms with Crippen LogP contribution in [0.2, 0.25) is 0 Å². The van der Waals surface area contributed by atoms with Crippen LogP contribution in [0, 0.1) is 3.57 Å². The highest BCUT2D eigenvalue weighted by atomic mass is 127. The standard InChI is InChI=1S/C13H16INO2/c1-17-13-9-15(7-6-12(13)16)8-10-4-2-3-5-11(10)14/h2-5,13H,6-9H2,1H3. The Morgan fingerprint density at radius 1 is 1.47 bits per heavy atom. The maximum absolute atomic E-state index is 11.5. The van der Waals surface area contributed by atoms with Crippen LogP contribution in [0.1, 0.15) is 12.0 Å². The summed E-state index contributed by atoms with van der Waals surface area (Å²) in [4.78, 5) is 13.8. The van der Waals surface area contributed by atoms with Crippen molar-refractivity contribution in [2.45, 2.75) is 19.1 Å². The molecule has 4 heteroatoms. The number of Topliss-reactive ketones (excluding diaryl/α,β-unsaturated/α-hetero) is 1. The largest absolute Gasteiger partial charge is 0.372 e. The van der Waals surface area contributed by atoms with Crippen molar-refractivity contribution in [1.29, 1.82) is 0 Å². The van der Waals surface area contributed by atoms with E-state index in [4.69, 9.17) is 4.74 Å². The topological polar surface area (TPSA) is 29.5 Å². The van der Waals surface area contributed by atoms with Crippen LogP contribution in [-0.4, -0.2) is 37.0 Å². The van der Waals surface area contributed by atoms with Crippen LogP contribution in [-0.2, 0) is 16.1 Å². The van der Waals surface area contributed by atoms with E-state index in [0.717, 1.165) is 13.1 Å². The average molecular weight is 345 g/mol. The molecule has 0 saturated carbocycles. The molecular weight excluding hydrogens is 329 g/mol. The fourth-order valence-electron chi connectivity index (χ4n) is 2.07. The Balaban J connectivity index is 2.01. The van der Waals surface area contributed by atoms with E-state index < -0.39 is 0 Å². The number of halogens is 1. The second kappa shape index (κ2) is 5.93. The summed E-state index contributed by atoms with van der Waals surface area (Å²) in [5.74, 6) is 0.228. The third-order valence-corrected chi connectivity index (χ3v) is 4.15. The van der Waals surface area contributed by atoms with Crippen LogP contribution in [0.4, 0.5) is 0 Å². The number of ketones is 1. The molecule has 0 spiro atoms. The van der Waals surface area contributed by atoms with E-state index in [-0.39, 0.29) is 11.9 Å². The molecule has 1 aromatic carbocycles. The first kappa shape index (κ1) is 13.0. The predicted molar refractivity (Wildman–Crippen MR) is 74.9 cm³/mol. The minimum atomic E-state index is -0.245. The number of likely N-dealkylation sites (tertiary alicyclic amines) is 1.